The van der Waals surface area contributed by atoms with Gasteiger partial charge in [-0.25, -0.2) is 14.1 Å². The van der Waals surface area contributed by atoms with E-state index in [0.717, 1.165) is 64.5 Å². The van der Waals surface area contributed by atoms with E-state index in [1.807, 2.05) is 48.7 Å². The molecule has 0 saturated heterocycles. The van der Waals surface area contributed by atoms with Crippen LogP contribution in [0.3, 0.4) is 0 Å². The van der Waals surface area contributed by atoms with Gasteiger partial charge >= 0.3 is 0 Å². The number of imidazole rings is 1. The van der Waals surface area contributed by atoms with Crippen LogP contribution in [0.4, 0.5) is 4.39 Å². The molecule has 1 aliphatic rings. The Hall–Kier alpha value is -4.65. The van der Waals surface area contributed by atoms with Crippen LogP contribution in [0.25, 0.3) is 46.0 Å². The van der Waals surface area contributed by atoms with Crippen LogP contribution in [0, 0.1) is 11.2 Å². The maximum absolute atomic E-state index is 13.6. The van der Waals surface area contributed by atoms with Crippen molar-refractivity contribution in [1.29, 1.82) is 5.41 Å². The molecule has 2 aromatic carbocycles. The number of rotatable bonds is 5. The number of nitrogens with one attached hydrogen (secondary N) is 1. The van der Waals surface area contributed by atoms with Gasteiger partial charge in [-0.3, -0.25) is 10.4 Å². The van der Waals surface area contributed by atoms with Crippen LogP contribution in [0.1, 0.15) is 17.8 Å². The minimum Gasteiger partial charge on any atom is -0.326 e. The van der Waals surface area contributed by atoms with Crippen molar-refractivity contribution in [3.63, 3.8) is 0 Å². The maximum atomic E-state index is 13.6. The molecule has 3 aromatic heterocycles. The standard InChI is InChI=1S/C29H23FN6/c30-24-10-8-21(9-11-24)28-29(35-16-3-7-27(35)33-28)25-12-13-26(31)36(34-25)17-14-20-4-1-5-22(18-20)23-6-2-15-32-19-23/h1-2,4-6,8-15,17-19,31H,3,7,16H2/b17-14+,31-26?. The Morgan fingerprint density at radius 1 is 0.917 bits per heavy atom. The van der Waals surface area contributed by atoms with E-state index in [0.29, 0.717) is 0 Å². The summed E-state index contributed by atoms with van der Waals surface area (Å²) >= 11 is 0. The van der Waals surface area contributed by atoms with Crippen molar-refractivity contribution in [3.8, 4) is 33.8 Å². The van der Waals surface area contributed by atoms with Crippen LogP contribution >= 0.6 is 0 Å². The van der Waals surface area contributed by atoms with Gasteiger partial charge < -0.3 is 4.57 Å². The number of aryl methyl sites for hydroxylation is 1. The molecule has 176 valence electrons. The molecule has 0 saturated carbocycles. The summed E-state index contributed by atoms with van der Waals surface area (Å²) in [6.07, 6.45) is 9.27. The molecule has 4 heterocycles. The molecule has 7 heteroatoms. The second kappa shape index (κ2) is 9.19. The summed E-state index contributed by atoms with van der Waals surface area (Å²) in [6.45, 7) is 0.861. The zero-order valence-corrected chi connectivity index (χ0v) is 19.5. The highest BCUT2D eigenvalue weighted by Crippen LogP contribution is 2.34. The van der Waals surface area contributed by atoms with Crippen molar-refractivity contribution < 1.29 is 4.39 Å². The SMILES string of the molecule is N=c1ccc(-c2c(-c3ccc(F)cc3)nc3n2CCC3)nn1/C=C/c1cccc(-c2cccnc2)c1. The summed E-state index contributed by atoms with van der Waals surface area (Å²) < 4.78 is 17.3. The van der Waals surface area contributed by atoms with Crippen LogP contribution in [-0.4, -0.2) is 24.3 Å². The molecule has 0 atom stereocenters. The minimum atomic E-state index is -0.278. The number of pyridine rings is 1. The van der Waals surface area contributed by atoms with Crippen LogP contribution in [0.2, 0.25) is 0 Å². The predicted octanol–water partition coefficient (Wildman–Crippen LogP) is 5.67. The highest BCUT2D eigenvalue weighted by Gasteiger charge is 2.24. The monoisotopic (exact) mass is 474 g/mol. The first kappa shape index (κ1) is 21.9. The summed E-state index contributed by atoms with van der Waals surface area (Å²) in [7, 11) is 0. The maximum Gasteiger partial charge on any atom is 0.146 e. The van der Waals surface area contributed by atoms with E-state index in [4.69, 9.17) is 15.5 Å². The van der Waals surface area contributed by atoms with Crippen molar-refractivity contribution in [2.75, 3.05) is 0 Å². The molecule has 6 rings (SSSR count). The smallest absolute Gasteiger partial charge is 0.146 e. The molecular weight excluding hydrogens is 451 g/mol. The third-order valence-electron chi connectivity index (χ3n) is 6.34. The van der Waals surface area contributed by atoms with E-state index in [1.54, 1.807) is 35.3 Å². The van der Waals surface area contributed by atoms with Gasteiger partial charge in [0.1, 0.15) is 22.8 Å². The first-order valence-electron chi connectivity index (χ1n) is 11.8. The molecule has 0 spiro atoms. The Morgan fingerprint density at radius 2 is 1.78 bits per heavy atom. The van der Waals surface area contributed by atoms with E-state index < -0.39 is 0 Å². The molecule has 0 radical (unpaired) electrons. The topological polar surface area (TPSA) is 72.4 Å². The average Bonchev–Trinajstić information content (AvgIpc) is 3.51. The van der Waals surface area contributed by atoms with Crippen LogP contribution < -0.4 is 5.49 Å². The second-order valence-corrected chi connectivity index (χ2v) is 8.72. The molecular formula is C29H23FN6. The fourth-order valence-electron chi connectivity index (χ4n) is 4.58. The molecule has 6 nitrogen and oxygen atoms in total. The number of fused-ring (bicyclic) bond motifs is 1. The van der Waals surface area contributed by atoms with Crippen molar-refractivity contribution in [3.05, 3.63) is 108 Å². The summed E-state index contributed by atoms with van der Waals surface area (Å²) in [5.74, 6) is 0.731. The highest BCUT2D eigenvalue weighted by atomic mass is 19.1. The molecule has 1 N–H and O–H groups in total. The lowest BCUT2D eigenvalue weighted by Crippen LogP contribution is -2.18. The van der Waals surface area contributed by atoms with Gasteiger partial charge in [0, 0.05) is 42.7 Å². The number of hydrogen-bond acceptors (Lipinski definition) is 4. The predicted molar refractivity (Wildman–Crippen MR) is 138 cm³/mol. The Labute approximate surface area is 207 Å². The van der Waals surface area contributed by atoms with Gasteiger partial charge in [0.15, 0.2) is 0 Å². The van der Waals surface area contributed by atoms with Crippen LogP contribution in [0.15, 0.2) is 85.2 Å². The molecule has 0 aliphatic carbocycles. The molecule has 0 unspecified atom stereocenters. The number of benzene rings is 2. The Balaban J connectivity index is 1.38. The van der Waals surface area contributed by atoms with Crippen molar-refractivity contribution in [1.82, 2.24) is 24.3 Å². The van der Waals surface area contributed by atoms with E-state index in [9.17, 15) is 4.39 Å². The molecule has 5 aromatic rings. The Morgan fingerprint density at radius 3 is 2.61 bits per heavy atom. The number of halogens is 1. The summed E-state index contributed by atoms with van der Waals surface area (Å²) in [5.41, 5.74) is 6.63. The van der Waals surface area contributed by atoms with E-state index in [-0.39, 0.29) is 11.3 Å². The first-order chi connectivity index (χ1) is 17.7. The second-order valence-electron chi connectivity index (χ2n) is 8.72. The fourth-order valence-corrected chi connectivity index (χ4v) is 4.58. The number of hydrogen-bond donors (Lipinski definition) is 1. The zero-order chi connectivity index (χ0) is 24.5. The number of aromatic nitrogens is 5. The van der Waals surface area contributed by atoms with Gasteiger partial charge in [-0.2, -0.15) is 5.10 Å². The first-order valence-corrected chi connectivity index (χ1v) is 11.8. The van der Waals surface area contributed by atoms with Gasteiger partial charge in [-0.15, -0.1) is 0 Å². The minimum absolute atomic E-state index is 0.267. The van der Waals surface area contributed by atoms with Crippen molar-refractivity contribution in [2.24, 2.45) is 0 Å². The van der Waals surface area contributed by atoms with Gasteiger partial charge in [-0.05, 0) is 72.2 Å². The summed E-state index contributed by atoms with van der Waals surface area (Å²) in [6, 6.07) is 22.1. The van der Waals surface area contributed by atoms with E-state index in [2.05, 4.69) is 15.6 Å². The lowest BCUT2D eigenvalue weighted by Gasteiger charge is -2.10. The van der Waals surface area contributed by atoms with Gasteiger partial charge in [-0.1, -0.05) is 24.3 Å². The molecule has 0 bridgehead atoms. The Bertz CT molecular complexity index is 1630. The van der Waals surface area contributed by atoms with Crippen molar-refractivity contribution >= 4 is 12.3 Å². The summed E-state index contributed by atoms with van der Waals surface area (Å²) in [5, 5.41) is 13.2. The fraction of sp³-hybridized carbons (Fsp3) is 0.103. The quantitative estimate of drug-likeness (QED) is 0.357. The van der Waals surface area contributed by atoms with Gasteiger partial charge in [0.05, 0.1) is 11.4 Å². The normalized spacial score (nSPS) is 12.8. The molecule has 1 aliphatic heterocycles. The largest absolute Gasteiger partial charge is 0.326 e. The molecule has 0 fully saturated rings. The lowest BCUT2D eigenvalue weighted by atomic mass is 10.0. The van der Waals surface area contributed by atoms with Crippen molar-refractivity contribution in [2.45, 2.75) is 19.4 Å². The van der Waals surface area contributed by atoms with Gasteiger partial charge in [0.2, 0.25) is 0 Å². The summed E-state index contributed by atoms with van der Waals surface area (Å²) in [4.78, 5) is 9.08. The Kier molecular flexibility index (Phi) is 5.58. The third kappa shape index (κ3) is 4.15. The third-order valence-corrected chi connectivity index (χ3v) is 6.34. The average molecular weight is 475 g/mol. The van der Waals surface area contributed by atoms with Crippen LogP contribution in [0.5, 0.6) is 0 Å². The highest BCUT2D eigenvalue weighted by molar-refractivity contribution is 5.77. The zero-order valence-electron chi connectivity index (χ0n) is 19.5. The van der Waals surface area contributed by atoms with E-state index >= 15 is 0 Å². The number of nitrogens with zero attached hydrogens (tertiary/aromatic N) is 5. The molecule has 0 amide bonds. The lowest BCUT2D eigenvalue weighted by molar-refractivity contribution is 0.628. The molecule has 36 heavy (non-hydrogen) atoms. The van der Waals surface area contributed by atoms with E-state index in [1.165, 1.54) is 12.1 Å². The van der Waals surface area contributed by atoms with Crippen LogP contribution in [-0.2, 0) is 13.0 Å². The van der Waals surface area contributed by atoms with Gasteiger partial charge in [0.25, 0.3) is 0 Å².